The largest absolute Gasteiger partial charge is 0.454 e. The molecule has 4 aliphatic rings. The monoisotopic (exact) mass is 992 g/mol. The van der Waals surface area contributed by atoms with Gasteiger partial charge in [-0.25, -0.2) is 0 Å². The second-order valence-corrected chi connectivity index (χ2v) is 23.1. The molecule has 0 N–H and O–H groups in total. The van der Waals surface area contributed by atoms with Crippen molar-refractivity contribution in [1.82, 2.24) is 0 Å². The number of hydrogen-bond acceptors (Lipinski definition) is 8. The molecule has 0 atom stereocenters. The van der Waals surface area contributed by atoms with Crippen LogP contribution >= 0.6 is 15.8 Å². The molecule has 8 nitrogen and oxygen atoms in total. The van der Waals surface area contributed by atoms with Gasteiger partial charge in [-0.3, -0.25) is 0 Å². The Kier molecular flexibility index (Phi) is 12.6. The molecule has 8 aromatic carbocycles. The smallest absolute Gasteiger partial charge is 0.231 e. The number of benzene rings is 8. The zero-order chi connectivity index (χ0) is 49.9. The zero-order valence-corrected chi connectivity index (χ0v) is 44.3. The Morgan fingerprint density at radius 2 is 0.486 bits per heavy atom. The summed E-state index contributed by atoms with van der Waals surface area (Å²) in [5.74, 6) is 6.18. The van der Waals surface area contributed by atoms with Crippen LogP contribution in [0.5, 0.6) is 46.0 Å². The topological polar surface area (TPSA) is 73.8 Å². The molecule has 0 radical (unpaired) electrons. The average molecular weight is 993 g/mol. The first-order valence-electron chi connectivity index (χ1n) is 24.4. The van der Waals surface area contributed by atoms with Crippen LogP contribution in [0.3, 0.4) is 0 Å². The Morgan fingerprint density at radius 1 is 0.250 bits per heavy atom. The third-order valence-corrected chi connectivity index (χ3v) is 20.5. The molecule has 0 amide bonds. The Morgan fingerprint density at radius 3 is 0.750 bits per heavy atom. The van der Waals surface area contributed by atoms with Gasteiger partial charge in [-0.2, -0.15) is 0 Å². The Balaban J connectivity index is 0.000000232. The summed E-state index contributed by atoms with van der Waals surface area (Å²) in [5, 5.41) is 7.91. The van der Waals surface area contributed by atoms with E-state index in [1.54, 1.807) is 0 Å². The SMILES string of the molecule is Cc1ccc2c(c1-c1c(C)ccc3c1OCO3)OCO2.Cc1cccc(C)c1P(c1ccc2c(c1-c1c(P(c3c(C)cccc3C)c3c(C)cccc3C)ccc3c1OCO3)OCO2)c1c(C)cccc1C. The highest BCUT2D eigenvalue weighted by atomic mass is 31.1. The van der Waals surface area contributed by atoms with Gasteiger partial charge in [-0.1, -0.05) is 84.9 Å². The minimum Gasteiger partial charge on any atom is -0.454 e. The predicted molar refractivity (Wildman–Crippen MR) is 293 cm³/mol. The lowest BCUT2D eigenvalue weighted by Gasteiger charge is -2.31. The molecule has 4 aliphatic heterocycles. The van der Waals surface area contributed by atoms with Gasteiger partial charge >= 0.3 is 0 Å². The zero-order valence-electron chi connectivity index (χ0n) is 42.5. The van der Waals surface area contributed by atoms with Gasteiger partial charge in [-0.15, -0.1) is 0 Å². The van der Waals surface area contributed by atoms with Gasteiger partial charge < -0.3 is 37.9 Å². The highest BCUT2D eigenvalue weighted by molar-refractivity contribution is 7.81. The van der Waals surface area contributed by atoms with E-state index in [1.165, 1.54) is 76.3 Å². The molecule has 0 saturated carbocycles. The first-order chi connectivity index (χ1) is 34.9. The van der Waals surface area contributed by atoms with Crippen LogP contribution in [0.4, 0.5) is 0 Å². The normalized spacial score (nSPS) is 13.5. The maximum Gasteiger partial charge on any atom is 0.231 e. The van der Waals surface area contributed by atoms with E-state index < -0.39 is 15.8 Å². The highest BCUT2D eigenvalue weighted by Gasteiger charge is 2.38. The van der Waals surface area contributed by atoms with Crippen molar-refractivity contribution in [2.45, 2.75) is 69.2 Å². The van der Waals surface area contributed by atoms with Crippen LogP contribution in [0.2, 0.25) is 0 Å². The van der Waals surface area contributed by atoms with E-state index in [0.29, 0.717) is 0 Å². The van der Waals surface area contributed by atoms with Crippen molar-refractivity contribution in [2.75, 3.05) is 27.2 Å². The van der Waals surface area contributed by atoms with Crippen LogP contribution in [-0.2, 0) is 0 Å². The maximum absolute atomic E-state index is 6.57. The van der Waals surface area contributed by atoms with Crippen LogP contribution < -0.4 is 69.7 Å². The van der Waals surface area contributed by atoms with Gasteiger partial charge in [0.2, 0.25) is 27.2 Å². The minimum atomic E-state index is -1.08. The maximum atomic E-state index is 6.57. The van der Waals surface area contributed by atoms with Crippen molar-refractivity contribution >= 4 is 47.7 Å². The summed E-state index contributed by atoms with van der Waals surface area (Å²) in [7, 11) is -2.15. The second kappa shape index (κ2) is 19.2. The molecule has 364 valence electrons. The molecule has 0 fully saturated rings. The van der Waals surface area contributed by atoms with Gasteiger partial charge in [0.25, 0.3) is 0 Å². The van der Waals surface area contributed by atoms with Crippen LogP contribution in [0.1, 0.15) is 55.6 Å². The summed E-state index contributed by atoms with van der Waals surface area (Å²) < 4.78 is 47.8. The van der Waals surface area contributed by atoms with E-state index in [0.717, 1.165) is 79.4 Å². The fraction of sp³-hybridized carbons (Fsp3) is 0.226. The van der Waals surface area contributed by atoms with Crippen LogP contribution in [-0.4, -0.2) is 27.2 Å². The van der Waals surface area contributed by atoms with Gasteiger partial charge in [0.15, 0.2) is 46.0 Å². The van der Waals surface area contributed by atoms with Crippen LogP contribution in [0.25, 0.3) is 22.3 Å². The van der Waals surface area contributed by atoms with Gasteiger partial charge in [0.05, 0.1) is 0 Å². The van der Waals surface area contributed by atoms with E-state index in [1.807, 2.05) is 24.3 Å². The minimum absolute atomic E-state index is 0.167. The number of rotatable bonds is 8. The first kappa shape index (κ1) is 47.4. The van der Waals surface area contributed by atoms with E-state index in [9.17, 15) is 0 Å². The van der Waals surface area contributed by atoms with Crippen LogP contribution in [0, 0.1) is 69.2 Å². The van der Waals surface area contributed by atoms with Crippen LogP contribution in [0.15, 0.2) is 121 Å². The number of hydrogen-bond donors (Lipinski definition) is 0. The molecule has 0 unspecified atom stereocenters. The first-order valence-corrected chi connectivity index (χ1v) is 27.1. The lowest BCUT2D eigenvalue weighted by atomic mass is 9.94. The van der Waals surface area contributed by atoms with E-state index >= 15 is 0 Å². The summed E-state index contributed by atoms with van der Waals surface area (Å²) >= 11 is 0. The van der Waals surface area contributed by atoms with Crippen molar-refractivity contribution in [3.05, 3.63) is 177 Å². The standard InChI is InChI=1S/C46H44O4P2.C16H14O4/c1-27-13-9-14-28(2)43(27)51(44-29(3)15-10-16-30(44)4)37-23-21-35-41(49-25-47-35)39(37)40-38(24-22-36-42(40)50-26-48-36)52(45-31(5)17-11-18-32(45)6)46-33(7)19-12-20-34(46)8;1-9-3-5-11-15(19-7-17-11)13(9)14-10(2)4-6-12-16(14)20-8-18-12/h9-24H,25-26H2,1-8H3;3-6H,7-8H2,1-2H3. The number of fused-ring (bicyclic) bond motifs is 4. The number of ether oxygens (including phenoxy) is 8. The molecular weight excluding hydrogens is 935 g/mol. The molecule has 0 bridgehead atoms. The van der Waals surface area contributed by atoms with Crippen molar-refractivity contribution < 1.29 is 37.9 Å². The molecule has 72 heavy (non-hydrogen) atoms. The molecule has 10 heteroatoms. The lowest BCUT2D eigenvalue weighted by Crippen LogP contribution is -2.31. The quantitative estimate of drug-likeness (QED) is 0.139. The predicted octanol–water partition coefficient (Wildman–Crippen LogP) is 12.2. The van der Waals surface area contributed by atoms with Crippen molar-refractivity contribution in [2.24, 2.45) is 0 Å². The fourth-order valence-corrected chi connectivity index (χ4v) is 17.0. The van der Waals surface area contributed by atoms with Gasteiger partial charge in [-0.05, 0) is 209 Å². The Bertz CT molecular complexity index is 3060. The molecule has 0 saturated heterocycles. The summed E-state index contributed by atoms with van der Waals surface area (Å²) in [4.78, 5) is 0. The Hall–Kier alpha value is -6.98. The van der Waals surface area contributed by atoms with Gasteiger partial charge in [0, 0.05) is 22.3 Å². The average Bonchev–Trinajstić information content (AvgIpc) is 4.21. The third kappa shape index (κ3) is 8.10. The molecule has 8 aromatic rings. The molecule has 12 rings (SSSR count). The molecular formula is C62H58O8P2. The molecule has 0 aliphatic carbocycles. The summed E-state index contributed by atoms with van der Waals surface area (Å²) in [6.07, 6.45) is 0. The summed E-state index contributed by atoms with van der Waals surface area (Å²) in [6.45, 7) is 23.0. The van der Waals surface area contributed by atoms with Crippen molar-refractivity contribution in [1.29, 1.82) is 0 Å². The lowest BCUT2D eigenvalue weighted by molar-refractivity contribution is 0.173. The van der Waals surface area contributed by atoms with E-state index in [4.69, 9.17) is 37.9 Å². The molecule has 0 aromatic heterocycles. The number of aryl methyl sites for hydroxylation is 10. The van der Waals surface area contributed by atoms with Crippen molar-refractivity contribution in [3.63, 3.8) is 0 Å². The van der Waals surface area contributed by atoms with E-state index in [-0.39, 0.29) is 27.2 Å². The second-order valence-electron chi connectivity index (χ2n) is 19.0. The van der Waals surface area contributed by atoms with Gasteiger partial charge in [0.1, 0.15) is 0 Å². The van der Waals surface area contributed by atoms with E-state index in [2.05, 4.69) is 166 Å². The summed E-state index contributed by atoms with van der Waals surface area (Å²) in [6, 6.07) is 43.5. The Labute approximate surface area is 425 Å². The van der Waals surface area contributed by atoms with Crippen molar-refractivity contribution in [3.8, 4) is 68.2 Å². The highest BCUT2D eigenvalue weighted by Crippen LogP contribution is 2.55. The third-order valence-electron chi connectivity index (χ3n) is 14.2. The molecule has 4 heterocycles. The molecule has 0 spiro atoms. The fourth-order valence-electron chi connectivity index (χ4n) is 10.9. The summed E-state index contributed by atoms with van der Waals surface area (Å²) in [5.41, 5.74) is 16.6.